The van der Waals surface area contributed by atoms with Gasteiger partial charge in [0.25, 0.3) is 0 Å². The highest BCUT2D eigenvalue weighted by atomic mass is 16.5. The van der Waals surface area contributed by atoms with Gasteiger partial charge in [-0.2, -0.15) is 0 Å². The Hall–Kier alpha value is -0.120. The molecule has 94 valence electrons. The average molecular weight is 227 g/mol. The van der Waals surface area contributed by atoms with Crippen LogP contribution in [0.4, 0.5) is 0 Å². The molecule has 3 heteroatoms. The predicted molar refractivity (Wildman–Crippen MR) is 64.4 cm³/mol. The summed E-state index contributed by atoms with van der Waals surface area (Å²) in [5.74, 6) is 0.907. The van der Waals surface area contributed by atoms with Gasteiger partial charge in [-0.25, -0.2) is 0 Å². The van der Waals surface area contributed by atoms with Gasteiger partial charge in [-0.05, 0) is 31.7 Å². The van der Waals surface area contributed by atoms with Crippen LogP contribution in [0.1, 0.15) is 39.0 Å². The van der Waals surface area contributed by atoms with Crippen LogP contribution in [-0.4, -0.2) is 48.5 Å². The van der Waals surface area contributed by atoms with E-state index in [2.05, 4.69) is 11.8 Å². The maximum absolute atomic E-state index is 10.1. The summed E-state index contributed by atoms with van der Waals surface area (Å²) in [6, 6.07) is 0. The Morgan fingerprint density at radius 1 is 1.44 bits per heavy atom. The number of ether oxygens (including phenoxy) is 1. The molecule has 2 aliphatic rings. The fraction of sp³-hybridized carbons (Fsp3) is 1.00. The summed E-state index contributed by atoms with van der Waals surface area (Å²) in [5.41, 5.74) is 0. The zero-order chi connectivity index (χ0) is 11.4. The highest BCUT2D eigenvalue weighted by Crippen LogP contribution is 2.34. The third-order valence-corrected chi connectivity index (χ3v) is 3.71. The lowest BCUT2D eigenvalue weighted by atomic mass is 10.0. The summed E-state index contributed by atoms with van der Waals surface area (Å²) >= 11 is 0. The smallest absolute Gasteiger partial charge is 0.0960 e. The lowest BCUT2D eigenvalue weighted by molar-refractivity contribution is -0.0908. The zero-order valence-corrected chi connectivity index (χ0v) is 10.4. The molecule has 0 aromatic heterocycles. The van der Waals surface area contributed by atoms with Gasteiger partial charge >= 0.3 is 0 Å². The first-order valence-electron chi connectivity index (χ1n) is 6.81. The Balaban J connectivity index is 1.69. The Labute approximate surface area is 98.8 Å². The van der Waals surface area contributed by atoms with Gasteiger partial charge < -0.3 is 9.84 Å². The monoisotopic (exact) mass is 227 g/mol. The molecule has 0 spiro atoms. The van der Waals surface area contributed by atoms with Crippen molar-refractivity contribution in [1.29, 1.82) is 0 Å². The van der Waals surface area contributed by atoms with Crippen molar-refractivity contribution in [3.63, 3.8) is 0 Å². The Bertz CT molecular complexity index is 204. The molecule has 0 bridgehead atoms. The SMILES string of the molecule is CCCN1CCOC(C(O)CCC2CC2)C1. The molecule has 2 atom stereocenters. The first-order valence-corrected chi connectivity index (χ1v) is 6.81. The van der Waals surface area contributed by atoms with E-state index in [1.807, 2.05) is 0 Å². The average Bonchev–Trinajstić information content (AvgIpc) is 3.10. The summed E-state index contributed by atoms with van der Waals surface area (Å²) in [6.07, 6.45) is 5.86. The standard InChI is InChI=1S/C13H25NO2/c1-2-7-14-8-9-16-13(10-14)12(15)6-5-11-3-4-11/h11-13,15H,2-10H2,1H3. The molecule has 2 rings (SSSR count). The maximum Gasteiger partial charge on any atom is 0.0960 e. The van der Waals surface area contributed by atoms with Crippen molar-refractivity contribution < 1.29 is 9.84 Å². The van der Waals surface area contributed by atoms with E-state index in [9.17, 15) is 5.11 Å². The fourth-order valence-corrected chi connectivity index (χ4v) is 2.48. The minimum absolute atomic E-state index is 0.0547. The molecule has 1 aliphatic carbocycles. The topological polar surface area (TPSA) is 32.7 Å². The molecule has 2 fully saturated rings. The van der Waals surface area contributed by atoms with E-state index in [4.69, 9.17) is 4.74 Å². The number of aliphatic hydroxyl groups excluding tert-OH is 1. The van der Waals surface area contributed by atoms with Crippen LogP contribution in [0.2, 0.25) is 0 Å². The van der Waals surface area contributed by atoms with Crippen LogP contribution in [0.15, 0.2) is 0 Å². The van der Waals surface area contributed by atoms with Crippen molar-refractivity contribution in [2.75, 3.05) is 26.2 Å². The molecule has 0 aromatic rings. The van der Waals surface area contributed by atoms with Gasteiger partial charge in [-0.15, -0.1) is 0 Å². The van der Waals surface area contributed by atoms with Gasteiger partial charge in [0.15, 0.2) is 0 Å². The third kappa shape index (κ3) is 3.72. The molecule has 1 saturated carbocycles. The van der Waals surface area contributed by atoms with Gasteiger partial charge in [-0.1, -0.05) is 19.8 Å². The minimum atomic E-state index is -0.250. The first-order chi connectivity index (χ1) is 7.79. The second kappa shape index (κ2) is 5.99. The predicted octanol–water partition coefficient (Wildman–Crippen LogP) is 1.65. The number of nitrogens with zero attached hydrogens (tertiary/aromatic N) is 1. The third-order valence-electron chi connectivity index (χ3n) is 3.71. The molecular weight excluding hydrogens is 202 g/mol. The Morgan fingerprint density at radius 3 is 2.94 bits per heavy atom. The van der Waals surface area contributed by atoms with Crippen molar-refractivity contribution >= 4 is 0 Å². The summed E-state index contributed by atoms with van der Waals surface area (Å²) in [6.45, 7) is 6.06. The minimum Gasteiger partial charge on any atom is -0.390 e. The first kappa shape index (κ1) is 12.3. The molecule has 0 aromatic carbocycles. The zero-order valence-electron chi connectivity index (χ0n) is 10.4. The van der Waals surface area contributed by atoms with Crippen molar-refractivity contribution in [2.45, 2.75) is 51.2 Å². The maximum atomic E-state index is 10.1. The highest BCUT2D eigenvalue weighted by molar-refractivity contribution is 4.80. The molecule has 1 aliphatic heterocycles. The molecule has 3 nitrogen and oxygen atoms in total. The van der Waals surface area contributed by atoms with Crippen molar-refractivity contribution in [1.82, 2.24) is 4.90 Å². The van der Waals surface area contributed by atoms with Gasteiger partial charge in [0.05, 0.1) is 18.8 Å². The normalized spacial score (nSPS) is 29.2. The van der Waals surface area contributed by atoms with Gasteiger partial charge in [-0.3, -0.25) is 4.90 Å². The van der Waals surface area contributed by atoms with Crippen LogP contribution in [0, 0.1) is 5.92 Å². The molecule has 16 heavy (non-hydrogen) atoms. The number of hydrogen-bond donors (Lipinski definition) is 1. The summed E-state index contributed by atoms with van der Waals surface area (Å²) < 4.78 is 5.68. The van der Waals surface area contributed by atoms with Crippen LogP contribution in [0.5, 0.6) is 0 Å². The quantitative estimate of drug-likeness (QED) is 0.749. The van der Waals surface area contributed by atoms with Crippen LogP contribution in [0.3, 0.4) is 0 Å². The van der Waals surface area contributed by atoms with E-state index in [1.165, 1.54) is 25.7 Å². The van der Waals surface area contributed by atoms with Crippen molar-refractivity contribution in [2.24, 2.45) is 5.92 Å². The molecule has 1 heterocycles. The van der Waals surface area contributed by atoms with E-state index in [0.29, 0.717) is 0 Å². The highest BCUT2D eigenvalue weighted by Gasteiger charge is 2.28. The van der Waals surface area contributed by atoms with E-state index in [-0.39, 0.29) is 12.2 Å². The molecular formula is C13H25NO2. The second-order valence-electron chi connectivity index (χ2n) is 5.30. The number of morpholine rings is 1. The Kier molecular flexibility index (Phi) is 4.62. The fourth-order valence-electron chi connectivity index (χ4n) is 2.48. The lowest BCUT2D eigenvalue weighted by Crippen LogP contribution is -2.47. The van der Waals surface area contributed by atoms with Crippen molar-refractivity contribution in [3.8, 4) is 0 Å². The molecule has 0 radical (unpaired) electrons. The van der Waals surface area contributed by atoms with E-state index in [1.54, 1.807) is 0 Å². The molecule has 0 amide bonds. The number of rotatable bonds is 6. The van der Waals surface area contributed by atoms with Gasteiger partial charge in [0, 0.05) is 13.1 Å². The summed E-state index contributed by atoms with van der Waals surface area (Å²) in [5, 5.41) is 10.1. The summed E-state index contributed by atoms with van der Waals surface area (Å²) in [4.78, 5) is 2.41. The molecule has 1 N–H and O–H groups in total. The summed E-state index contributed by atoms with van der Waals surface area (Å²) in [7, 11) is 0. The molecule has 2 unspecified atom stereocenters. The largest absolute Gasteiger partial charge is 0.390 e. The van der Waals surface area contributed by atoms with E-state index >= 15 is 0 Å². The lowest BCUT2D eigenvalue weighted by Gasteiger charge is -2.35. The van der Waals surface area contributed by atoms with Crippen LogP contribution in [-0.2, 0) is 4.74 Å². The second-order valence-corrected chi connectivity index (χ2v) is 5.30. The van der Waals surface area contributed by atoms with Crippen LogP contribution < -0.4 is 0 Å². The van der Waals surface area contributed by atoms with Crippen molar-refractivity contribution in [3.05, 3.63) is 0 Å². The van der Waals surface area contributed by atoms with Crippen LogP contribution in [0.25, 0.3) is 0 Å². The number of aliphatic hydroxyl groups is 1. The van der Waals surface area contributed by atoms with Gasteiger partial charge in [0.1, 0.15) is 0 Å². The molecule has 1 saturated heterocycles. The number of hydrogen-bond acceptors (Lipinski definition) is 3. The van der Waals surface area contributed by atoms with Gasteiger partial charge in [0.2, 0.25) is 0 Å². The van der Waals surface area contributed by atoms with E-state index < -0.39 is 0 Å². The van der Waals surface area contributed by atoms with E-state index in [0.717, 1.165) is 38.6 Å². The van der Waals surface area contributed by atoms with Crippen LogP contribution >= 0.6 is 0 Å². The Morgan fingerprint density at radius 2 is 2.25 bits per heavy atom.